The Bertz CT molecular complexity index is 1430. The molecule has 196 valence electrons. The Morgan fingerprint density at radius 1 is 0.684 bits per heavy atom. The summed E-state index contributed by atoms with van der Waals surface area (Å²) in [5, 5.41) is 2.65. The molecular formula is C33H37NO2SSi. The highest BCUT2D eigenvalue weighted by molar-refractivity contribution is 7.89. The van der Waals surface area contributed by atoms with Crippen molar-refractivity contribution in [3.63, 3.8) is 0 Å². The van der Waals surface area contributed by atoms with Crippen LogP contribution in [-0.2, 0) is 10.0 Å². The second-order valence-electron chi connectivity index (χ2n) is 11.5. The monoisotopic (exact) mass is 539 g/mol. The maximum absolute atomic E-state index is 14.1. The van der Waals surface area contributed by atoms with Crippen LogP contribution in [0.3, 0.4) is 0 Å². The molecule has 0 aliphatic carbocycles. The quantitative estimate of drug-likeness (QED) is 0.273. The van der Waals surface area contributed by atoms with Crippen molar-refractivity contribution in [1.29, 1.82) is 0 Å². The van der Waals surface area contributed by atoms with Crippen molar-refractivity contribution in [3.05, 3.63) is 126 Å². The fraction of sp³-hybridized carbons (Fsp3) is 0.273. The second-order valence-corrected chi connectivity index (χ2v) is 18.5. The summed E-state index contributed by atoms with van der Waals surface area (Å²) in [6, 6.07) is 39.7. The van der Waals surface area contributed by atoms with Gasteiger partial charge in [0.2, 0.25) is 10.0 Å². The highest BCUT2D eigenvalue weighted by atomic mass is 32.2. The van der Waals surface area contributed by atoms with Crippen LogP contribution in [0, 0.1) is 6.92 Å². The van der Waals surface area contributed by atoms with E-state index in [9.17, 15) is 8.42 Å². The number of benzene rings is 4. The molecule has 3 nitrogen and oxygen atoms in total. The summed E-state index contributed by atoms with van der Waals surface area (Å²) in [6.07, 6.45) is 0. The third kappa shape index (κ3) is 4.57. The van der Waals surface area contributed by atoms with Gasteiger partial charge in [0.05, 0.1) is 4.90 Å². The van der Waals surface area contributed by atoms with Gasteiger partial charge in [-0.3, -0.25) is 0 Å². The first kappa shape index (κ1) is 26.6. The SMILES string of the molecule is Cc1ccc(S(=O)(=O)N2C[C@@H]([Si](c3ccccc3)(c3ccccc3)C(C)(C)C)[C@H](c3ccccc3)C2)cc1. The van der Waals surface area contributed by atoms with Crippen molar-refractivity contribution in [2.45, 2.75) is 49.1 Å². The van der Waals surface area contributed by atoms with Gasteiger partial charge in [0.1, 0.15) is 8.07 Å². The van der Waals surface area contributed by atoms with Crippen LogP contribution < -0.4 is 10.4 Å². The lowest BCUT2D eigenvalue weighted by Crippen LogP contribution is -2.68. The highest BCUT2D eigenvalue weighted by Gasteiger charge is 2.58. The lowest BCUT2D eigenvalue weighted by atomic mass is 9.98. The van der Waals surface area contributed by atoms with Crippen molar-refractivity contribution in [2.75, 3.05) is 13.1 Å². The molecule has 0 amide bonds. The average Bonchev–Trinajstić information content (AvgIpc) is 3.37. The Kier molecular flexibility index (Phi) is 7.20. The van der Waals surface area contributed by atoms with Crippen molar-refractivity contribution < 1.29 is 8.42 Å². The molecule has 2 atom stereocenters. The lowest BCUT2D eigenvalue weighted by Gasteiger charge is -2.50. The number of hydrogen-bond acceptors (Lipinski definition) is 2. The second kappa shape index (κ2) is 10.3. The topological polar surface area (TPSA) is 37.4 Å². The van der Waals surface area contributed by atoms with Gasteiger partial charge in [0.25, 0.3) is 0 Å². The van der Waals surface area contributed by atoms with Crippen LogP contribution in [0.4, 0.5) is 0 Å². The zero-order valence-corrected chi connectivity index (χ0v) is 24.5. The standard InChI is InChI=1S/C33H37NO2SSi/c1-26-20-22-28(23-21-26)37(35,36)34-24-31(27-14-8-5-9-15-27)32(25-34)38(33(2,3)4,29-16-10-6-11-17-29)30-18-12-7-13-19-30/h5-23,31-32H,24-25H2,1-4H3/t31-,32+/m0/s1. The third-order valence-electron chi connectivity index (χ3n) is 8.37. The van der Waals surface area contributed by atoms with Gasteiger partial charge < -0.3 is 0 Å². The first-order valence-corrected chi connectivity index (χ1v) is 16.9. The van der Waals surface area contributed by atoms with Gasteiger partial charge in [-0.15, -0.1) is 0 Å². The maximum atomic E-state index is 14.1. The van der Waals surface area contributed by atoms with E-state index in [1.54, 1.807) is 16.4 Å². The molecule has 1 saturated heterocycles. The van der Waals surface area contributed by atoms with Crippen LogP contribution in [0.15, 0.2) is 120 Å². The molecule has 38 heavy (non-hydrogen) atoms. The minimum Gasteiger partial charge on any atom is -0.207 e. The minimum absolute atomic E-state index is 0.0724. The van der Waals surface area contributed by atoms with E-state index in [0.29, 0.717) is 18.0 Å². The maximum Gasteiger partial charge on any atom is 0.243 e. The Morgan fingerprint density at radius 3 is 1.63 bits per heavy atom. The zero-order chi connectivity index (χ0) is 27.0. The molecule has 4 aromatic carbocycles. The van der Waals surface area contributed by atoms with Crippen molar-refractivity contribution in [1.82, 2.24) is 4.31 Å². The lowest BCUT2D eigenvalue weighted by molar-refractivity contribution is 0.472. The average molecular weight is 540 g/mol. The van der Waals surface area contributed by atoms with E-state index >= 15 is 0 Å². The molecule has 1 heterocycles. The van der Waals surface area contributed by atoms with Gasteiger partial charge in [-0.25, -0.2) is 8.42 Å². The predicted octanol–water partition coefficient (Wildman–Crippen LogP) is 6.22. The molecule has 4 aromatic rings. The van der Waals surface area contributed by atoms with E-state index in [4.69, 9.17) is 0 Å². The molecule has 0 unspecified atom stereocenters. The third-order valence-corrected chi connectivity index (χ3v) is 16.8. The van der Waals surface area contributed by atoms with Crippen LogP contribution in [-0.4, -0.2) is 33.9 Å². The number of nitrogens with zero attached hydrogens (tertiary/aromatic N) is 1. The van der Waals surface area contributed by atoms with Gasteiger partial charge in [-0.2, -0.15) is 4.31 Å². The molecule has 0 saturated carbocycles. The Hall–Kier alpha value is -2.99. The summed E-state index contributed by atoms with van der Waals surface area (Å²) in [7, 11) is -6.24. The molecule has 0 N–H and O–H groups in total. The number of sulfonamides is 1. The van der Waals surface area contributed by atoms with E-state index in [2.05, 4.69) is 106 Å². The van der Waals surface area contributed by atoms with Gasteiger partial charge in [0.15, 0.2) is 0 Å². The Labute approximate surface area is 229 Å². The van der Waals surface area contributed by atoms with Crippen LogP contribution in [0.2, 0.25) is 10.6 Å². The molecule has 0 spiro atoms. The van der Waals surface area contributed by atoms with Gasteiger partial charge in [-0.1, -0.05) is 140 Å². The molecule has 5 rings (SSSR count). The highest BCUT2D eigenvalue weighted by Crippen LogP contribution is 2.52. The van der Waals surface area contributed by atoms with Crippen molar-refractivity contribution >= 4 is 28.5 Å². The van der Waals surface area contributed by atoms with Crippen molar-refractivity contribution in [2.24, 2.45) is 0 Å². The van der Waals surface area contributed by atoms with Crippen molar-refractivity contribution in [3.8, 4) is 0 Å². The predicted molar refractivity (Wildman–Crippen MR) is 160 cm³/mol. The van der Waals surface area contributed by atoms with Gasteiger partial charge >= 0.3 is 0 Å². The van der Waals surface area contributed by atoms with Crippen LogP contribution in [0.5, 0.6) is 0 Å². The van der Waals surface area contributed by atoms with Gasteiger partial charge in [0, 0.05) is 19.0 Å². The number of aryl methyl sites for hydroxylation is 1. The summed E-state index contributed by atoms with van der Waals surface area (Å²) in [4.78, 5) is 0.373. The normalized spacial score (nSPS) is 18.9. The van der Waals surface area contributed by atoms with E-state index in [1.165, 1.54) is 15.9 Å². The first-order chi connectivity index (χ1) is 18.2. The zero-order valence-electron chi connectivity index (χ0n) is 22.7. The number of rotatable bonds is 6. The molecule has 0 bridgehead atoms. The van der Waals surface area contributed by atoms with E-state index in [-0.39, 0.29) is 16.5 Å². The Balaban J connectivity index is 1.75. The molecule has 0 aromatic heterocycles. The molecule has 1 aliphatic heterocycles. The first-order valence-electron chi connectivity index (χ1n) is 13.4. The summed E-state index contributed by atoms with van der Waals surface area (Å²) >= 11 is 0. The summed E-state index contributed by atoms with van der Waals surface area (Å²) in [5.41, 5.74) is 2.42. The van der Waals surface area contributed by atoms with E-state index in [0.717, 1.165) is 5.56 Å². The molecule has 1 fully saturated rings. The minimum atomic E-state index is -3.64. The molecule has 5 heteroatoms. The van der Waals surface area contributed by atoms with Crippen LogP contribution in [0.25, 0.3) is 0 Å². The largest absolute Gasteiger partial charge is 0.243 e. The summed E-state index contributed by atoms with van der Waals surface area (Å²) in [5.74, 6) is 0.0859. The fourth-order valence-corrected chi connectivity index (χ4v) is 15.2. The van der Waals surface area contributed by atoms with Gasteiger partial charge in [-0.05, 0) is 35.2 Å². The molecule has 0 radical (unpaired) electrons. The number of hydrogen-bond donors (Lipinski definition) is 0. The molecule has 1 aliphatic rings. The summed E-state index contributed by atoms with van der Waals surface area (Å²) in [6.45, 7) is 10.0. The molecular weight excluding hydrogens is 503 g/mol. The van der Waals surface area contributed by atoms with E-state index in [1.807, 2.05) is 25.1 Å². The fourth-order valence-electron chi connectivity index (χ4n) is 6.72. The Morgan fingerprint density at radius 2 is 1.16 bits per heavy atom. The smallest absolute Gasteiger partial charge is 0.207 e. The van der Waals surface area contributed by atoms with E-state index < -0.39 is 18.1 Å². The van der Waals surface area contributed by atoms with Crippen LogP contribution in [0.1, 0.15) is 37.8 Å². The van der Waals surface area contributed by atoms with Crippen LogP contribution >= 0.6 is 0 Å². The summed E-state index contributed by atoms with van der Waals surface area (Å²) < 4.78 is 29.9.